The molecule has 0 aliphatic carbocycles. The van der Waals surface area contributed by atoms with Gasteiger partial charge < -0.3 is 0 Å². The van der Waals surface area contributed by atoms with Gasteiger partial charge >= 0.3 is 0 Å². The van der Waals surface area contributed by atoms with Gasteiger partial charge in [0.05, 0.1) is 16.4 Å². The predicted octanol–water partition coefficient (Wildman–Crippen LogP) is 0.850. The van der Waals surface area contributed by atoms with Crippen LogP contribution in [0, 0.1) is 10.1 Å². The Morgan fingerprint density at radius 2 is 2.14 bits per heavy atom. The summed E-state index contributed by atoms with van der Waals surface area (Å²) in [7, 11) is -3.32. The zero-order valence-corrected chi connectivity index (χ0v) is 7.74. The largest absolute Gasteiger partial charge is 0.283 e. The molecule has 1 aliphatic heterocycles. The second kappa shape index (κ2) is 2.68. The number of hydrogen-bond acceptors (Lipinski definition) is 4. The van der Waals surface area contributed by atoms with E-state index in [0.29, 0.717) is 11.3 Å². The summed E-state index contributed by atoms with van der Waals surface area (Å²) in [6.07, 6.45) is 0. The molecule has 0 unspecified atom stereocenters. The smallest absolute Gasteiger partial charge is 0.271 e. The maximum Gasteiger partial charge on any atom is 0.271 e. The average molecular weight is 214 g/mol. The Hall–Kier alpha value is -1.63. The maximum atomic E-state index is 11.1. The number of anilines is 1. The number of non-ortho nitro benzene ring substituents is 1. The molecule has 7 heteroatoms. The van der Waals surface area contributed by atoms with E-state index in [1.165, 1.54) is 18.2 Å². The minimum Gasteiger partial charge on any atom is -0.283 e. The predicted molar refractivity (Wildman–Crippen MR) is 49.3 cm³/mol. The summed E-state index contributed by atoms with van der Waals surface area (Å²) in [5.41, 5.74) is 0.753. The van der Waals surface area contributed by atoms with Crippen LogP contribution in [-0.4, -0.2) is 13.3 Å². The molecular weight excluding hydrogens is 208 g/mol. The zero-order chi connectivity index (χ0) is 10.3. The Labute approximate surface area is 79.8 Å². The summed E-state index contributed by atoms with van der Waals surface area (Å²) < 4.78 is 24.4. The highest BCUT2D eigenvalue weighted by atomic mass is 32.2. The van der Waals surface area contributed by atoms with Crippen LogP contribution < -0.4 is 4.72 Å². The highest BCUT2D eigenvalue weighted by Crippen LogP contribution is 2.30. The summed E-state index contributed by atoms with van der Waals surface area (Å²) in [4.78, 5) is 9.83. The van der Waals surface area contributed by atoms with E-state index in [2.05, 4.69) is 4.72 Å². The van der Waals surface area contributed by atoms with Crippen LogP contribution in [0.2, 0.25) is 0 Å². The fourth-order valence-corrected chi connectivity index (χ4v) is 2.57. The first-order valence-electron chi connectivity index (χ1n) is 3.76. The summed E-state index contributed by atoms with van der Waals surface area (Å²) in [6, 6.07) is 3.96. The quantitative estimate of drug-likeness (QED) is 0.554. The number of nitrogens with zero attached hydrogens (tertiary/aromatic N) is 1. The SMILES string of the molecule is O=[N+]([O-])c1ccc2c(c1)NS(=O)(=O)C2. The monoisotopic (exact) mass is 214 g/mol. The molecule has 1 aromatic rings. The number of nitro groups is 1. The van der Waals surface area contributed by atoms with E-state index in [1.54, 1.807) is 0 Å². The van der Waals surface area contributed by atoms with Crippen molar-refractivity contribution in [2.75, 3.05) is 4.72 Å². The van der Waals surface area contributed by atoms with Gasteiger partial charge in [0, 0.05) is 12.1 Å². The first-order chi connectivity index (χ1) is 6.48. The van der Waals surface area contributed by atoms with Crippen molar-refractivity contribution in [2.45, 2.75) is 5.75 Å². The van der Waals surface area contributed by atoms with E-state index in [1.807, 2.05) is 0 Å². The third-order valence-electron chi connectivity index (χ3n) is 1.92. The topological polar surface area (TPSA) is 89.3 Å². The normalized spacial score (nSPS) is 17.1. The molecule has 1 aliphatic rings. The first kappa shape index (κ1) is 8.95. The van der Waals surface area contributed by atoms with Gasteiger partial charge in [0.2, 0.25) is 10.0 Å². The van der Waals surface area contributed by atoms with Gasteiger partial charge in [-0.3, -0.25) is 14.8 Å². The summed E-state index contributed by atoms with van der Waals surface area (Å²) in [5, 5.41) is 10.4. The Morgan fingerprint density at radius 3 is 2.79 bits per heavy atom. The van der Waals surface area contributed by atoms with Crippen LogP contribution in [0.3, 0.4) is 0 Å². The first-order valence-corrected chi connectivity index (χ1v) is 5.41. The molecule has 74 valence electrons. The molecule has 0 aromatic heterocycles. The molecule has 14 heavy (non-hydrogen) atoms. The summed E-state index contributed by atoms with van der Waals surface area (Å²) in [6.45, 7) is 0. The standard InChI is InChI=1S/C7H6N2O4S/c10-9(11)6-2-1-5-4-14(12,13)8-7(5)3-6/h1-3,8H,4H2. The lowest BCUT2D eigenvalue weighted by molar-refractivity contribution is -0.384. The van der Waals surface area contributed by atoms with Crippen LogP contribution in [0.25, 0.3) is 0 Å². The van der Waals surface area contributed by atoms with E-state index in [9.17, 15) is 18.5 Å². The van der Waals surface area contributed by atoms with Crippen LogP contribution >= 0.6 is 0 Å². The Bertz CT molecular complexity index is 508. The number of rotatable bonds is 1. The van der Waals surface area contributed by atoms with Gasteiger partial charge in [0.15, 0.2) is 0 Å². The highest BCUT2D eigenvalue weighted by molar-refractivity contribution is 7.92. The number of benzene rings is 1. The van der Waals surface area contributed by atoms with E-state index in [0.717, 1.165) is 0 Å². The number of fused-ring (bicyclic) bond motifs is 1. The molecule has 0 spiro atoms. The van der Waals surface area contributed by atoms with Crippen molar-refractivity contribution in [3.63, 3.8) is 0 Å². The van der Waals surface area contributed by atoms with Crippen molar-refractivity contribution in [1.82, 2.24) is 0 Å². The Kier molecular flexibility index (Phi) is 1.71. The Morgan fingerprint density at radius 1 is 1.43 bits per heavy atom. The zero-order valence-electron chi connectivity index (χ0n) is 6.93. The average Bonchev–Trinajstić information content (AvgIpc) is 2.36. The summed E-state index contributed by atoms with van der Waals surface area (Å²) in [5.74, 6) is -0.111. The maximum absolute atomic E-state index is 11.1. The summed E-state index contributed by atoms with van der Waals surface area (Å²) >= 11 is 0. The van der Waals surface area contributed by atoms with Crippen molar-refractivity contribution in [1.29, 1.82) is 0 Å². The highest BCUT2D eigenvalue weighted by Gasteiger charge is 2.25. The van der Waals surface area contributed by atoms with Crippen LogP contribution in [0.1, 0.15) is 5.56 Å². The van der Waals surface area contributed by atoms with Crippen LogP contribution in [0.4, 0.5) is 11.4 Å². The van der Waals surface area contributed by atoms with Crippen molar-refractivity contribution in [3.8, 4) is 0 Å². The second-order valence-electron chi connectivity index (χ2n) is 2.96. The van der Waals surface area contributed by atoms with Gasteiger partial charge in [0.25, 0.3) is 5.69 Å². The van der Waals surface area contributed by atoms with Gasteiger partial charge in [0.1, 0.15) is 0 Å². The third kappa shape index (κ3) is 1.41. The number of nitrogens with one attached hydrogen (secondary N) is 1. The van der Waals surface area contributed by atoms with Gasteiger partial charge in [-0.25, -0.2) is 8.42 Å². The van der Waals surface area contributed by atoms with Gasteiger partial charge in [-0.2, -0.15) is 0 Å². The fraction of sp³-hybridized carbons (Fsp3) is 0.143. The molecule has 0 radical (unpaired) electrons. The molecule has 0 saturated heterocycles. The van der Waals surface area contributed by atoms with Crippen LogP contribution in [0.5, 0.6) is 0 Å². The van der Waals surface area contributed by atoms with E-state index in [4.69, 9.17) is 0 Å². The van der Waals surface area contributed by atoms with Crippen molar-refractivity contribution < 1.29 is 13.3 Å². The lowest BCUT2D eigenvalue weighted by atomic mass is 10.2. The molecule has 2 rings (SSSR count). The van der Waals surface area contributed by atoms with Crippen molar-refractivity contribution in [2.24, 2.45) is 0 Å². The minimum atomic E-state index is -3.32. The van der Waals surface area contributed by atoms with Gasteiger partial charge in [-0.1, -0.05) is 0 Å². The van der Waals surface area contributed by atoms with Crippen LogP contribution in [0.15, 0.2) is 18.2 Å². The lowest BCUT2D eigenvalue weighted by Gasteiger charge is -1.96. The third-order valence-corrected chi connectivity index (χ3v) is 3.14. The number of hydrogen-bond donors (Lipinski definition) is 1. The molecule has 6 nitrogen and oxygen atoms in total. The fourth-order valence-electron chi connectivity index (χ4n) is 1.31. The van der Waals surface area contributed by atoms with Crippen molar-refractivity contribution in [3.05, 3.63) is 33.9 Å². The molecule has 1 heterocycles. The van der Waals surface area contributed by atoms with Gasteiger partial charge in [-0.05, 0) is 11.6 Å². The molecule has 0 amide bonds. The van der Waals surface area contributed by atoms with Crippen LogP contribution in [-0.2, 0) is 15.8 Å². The van der Waals surface area contributed by atoms with Crippen molar-refractivity contribution >= 4 is 21.4 Å². The molecule has 0 saturated carbocycles. The second-order valence-corrected chi connectivity index (χ2v) is 4.68. The molecule has 1 N–H and O–H groups in total. The molecular formula is C7H6N2O4S. The molecule has 0 fully saturated rings. The van der Waals surface area contributed by atoms with E-state index >= 15 is 0 Å². The van der Waals surface area contributed by atoms with Gasteiger partial charge in [-0.15, -0.1) is 0 Å². The molecule has 0 atom stereocenters. The number of sulfonamides is 1. The minimum absolute atomic E-state index is 0.111. The lowest BCUT2D eigenvalue weighted by Crippen LogP contribution is -2.05. The molecule has 1 aromatic carbocycles. The molecule has 0 bridgehead atoms. The Balaban J connectivity index is 2.50. The number of nitro benzene ring substituents is 1. The van der Waals surface area contributed by atoms with E-state index < -0.39 is 14.9 Å². The van der Waals surface area contributed by atoms with E-state index in [-0.39, 0.29) is 11.4 Å².